The summed E-state index contributed by atoms with van der Waals surface area (Å²) in [6.07, 6.45) is -3.32. The Bertz CT molecular complexity index is 671. The number of hydrogen-bond donors (Lipinski definition) is 0. The number of para-hydroxylation sites is 2. The van der Waals surface area contributed by atoms with E-state index in [1.165, 1.54) is 0 Å². The Labute approximate surface area is 141 Å². The molecule has 3 rings (SSSR count). The van der Waals surface area contributed by atoms with Gasteiger partial charge in [0.15, 0.2) is 0 Å². The zero-order chi connectivity index (χ0) is 16.0. The maximum absolute atomic E-state index is 13.3. The first-order valence-electron chi connectivity index (χ1n) is 7.07. The van der Waals surface area contributed by atoms with Crippen LogP contribution in [0.1, 0.15) is 0 Å². The van der Waals surface area contributed by atoms with E-state index in [4.69, 9.17) is 9.05 Å². The summed E-state index contributed by atoms with van der Waals surface area (Å²) in [5.41, 5.74) is 0. The second-order valence-corrected chi connectivity index (χ2v) is 11.1. The van der Waals surface area contributed by atoms with Crippen molar-refractivity contribution in [3.8, 4) is 11.5 Å². The Kier molecular flexibility index (Phi) is 5.19. The summed E-state index contributed by atoms with van der Waals surface area (Å²) in [4.78, 5) is 0. The van der Waals surface area contributed by atoms with E-state index in [1.807, 2.05) is 66.7 Å². The normalized spacial score (nSPS) is 11.0. The van der Waals surface area contributed by atoms with Crippen molar-refractivity contribution in [3.05, 3.63) is 91.0 Å². The molecular weight excluding hydrogens is 374 g/mol. The van der Waals surface area contributed by atoms with Gasteiger partial charge in [0.05, 0.1) is 0 Å². The van der Waals surface area contributed by atoms with Crippen molar-refractivity contribution < 1.29 is 13.6 Å². The summed E-state index contributed by atoms with van der Waals surface area (Å²) in [6.45, 7) is 0. The molecule has 3 aromatic rings. The molecule has 0 aliphatic carbocycles. The maximum atomic E-state index is 13.3. The van der Waals surface area contributed by atoms with Crippen molar-refractivity contribution in [1.82, 2.24) is 0 Å². The van der Waals surface area contributed by atoms with Crippen LogP contribution in [0.3, 0.4) is 0 Å². The summed E-state index contributed by atoms with van der Waals surface area (Å²) < 4.78 is 25.8. The van der Waals surface area contributed by atoms with Gasteiger partial charge < -0.3 is 0 Å². The van der Waals surface area contributed by atoms with E-state index in [2.05, 4.69) is 0 Å². The van der Waals surface area contributed by atoms with E-state index in [0.29, 0.717) is 11.5 Å². The van der Waals surface area contributed by atoms with Gasteiger partial charge in [-0.25, -0.2) is 0 Å². The van der Waals surface area contributed by atoms with Gasteiger partial charge in [0, 0.05) is 0 Å². The number of rotatable bonds is 6. The molecule has 0 aromatic heterocycles. The van der Waals surface area contributed by atoms with Crippen LogP contribution in [0.4, 0.5) is 0 Å². The SMILES string of the molecule is O=P(Oc1ccccc1)(Oc1ccccc1)[Se]c1ccccc1. The zero-order valence-corrected chi connectivity index (χ0v) is 14.8. The quantitative estimate of drug-likeness (QED) is 0.466. The molecule has 5 heteroatoms. The van der Waals surface area contributed by atoms with E-state index < -0.39 is 20.8 Å². The van der Waals surface area contributed by atoms with Crippen molar-refractivity contribution in [3.63, 3.8) is 0 Å². The van der Waals surface area contributed by atoms with Crippen molar-refractivity contribution in [1.29, 1.82) is 0 Å². The van der Waals surface area contributed by atoms with E-state index >= 15 is 0 Å². The van der Waals surface area contributed by atoms with Gasteiger partial charge in [-0.05, 0) is 0 Å². The molecule has 0 aliphatic heterocycles. The Morgan fingerprint density at radius 1 is 0.609 bits per heavy atom. The van der Waals surface area contributed by atoms with Crippen LogP contribution in [0.25, 0.3) is 0 Å². The monoisotopic (exact) mass is 390 g/mol. The molecular formula is C18H15O3PSe. The Balaban J connectivity index is 1.87. The fourth-order valence-corrected chi connectivity index (χ4v) is 7.41. The van der Waals surface area contributed by atoms with E-state index in [0.717, 1.165) is 4.46 Å². The first-order valence-corrected chi connectivity index (χ1v) is 11.7. The molecule has 3 nitrogen and oxygen atoms in total. The molecule has 0 radical (unpaired) electrons. The van der Waals surface area contributed by atoms with Gasteiger partial charge in [-0.3, -0.25) is 0 Å². The van der Waals surface area contributed by atoms with Crippen molar-refractivity contribution >= 4 is 25.3 Å². The first-order chi connectivity index (χ1) is 11.2. The molecule has 23 heavy (non-hydrogen) atoms. The third-order valence-electron chi connectivity index (χ3n) is 2.88. The standard InChI is InChI=1S/C18H15O3PSe/c19-22(20-16-10-4-1-5-11-16,21-17-12-6-2-7-13-17)23-18-14-8-3-9-15-18/h1-15H. The minimum absolute atomic E-state index is 0.458. The van der Waals surface area contributed by atoms with Crippen LogP contribution < -0.4 is 13.5 Å². The van der Waals surface area contributed by atoms with Gasteiger partial charge in [0.1, 0.15) is 0 Å². The predicted octanol–water partition coefficient (Wildman–Crippen LogP) is 4.28. The molecule has 0 spiro atoms. The second kappa shape index (κ2) is 7.52. The third kappa shape index (κ3) is 4.74. The van der Waals surface area contributed by atoms with Crippen LogP contribution in [-0.4, -0.2) is 14.5 Å². The van der Waals surface area contributed by atoms with Crippen molar-refractivity contribution in [2.24, 2.45) is 0 Å². The number of benzene rings is 3. The van der Waals surface area contributed by atoms with Crippen molar-refractivity contribution in [2.75, 3.05) is 0 Å². The molecule has 0 bridgehead atoms. The molecule has 0 atom stereocenters. The molecule has 0 fully saturated rings. The van der Waals surface area contributed by atoms with Crippen LogP contribution in [0.2, 0.25) is 0 Å². The molecule has 116 valence electrons. The fraction of sp³-hybridized carbons (Fsp3) is 0. The van der Waals surface area contributed by atoms with Crippen LogP contribution in [-0.2, 0) is 4.57 Å². The van der Waals surface area contributed by atoms with Crippen LogP contribution in [0.15, 0.2) is 91.0 Å². The summed E-state index contributed by atoms with van der Waals surface area (Å²) in [5.74, 6) is 1.09. The molecule has 0 saturated heterocycles. The van der Waals surface area contributed by atoms with Crippen molar-refractivity contribution in [2.45, 2.75) is 0 Å². The molecule has 0 heterocycles. The predicted molar refractivity (Wildman–Crippen MR) is 93.6 cm³/mol. The minimum atomic E-state index is -3.32. The zero-order valence-electron chi connectivity index (χ0n) is 12.2. The van der Waals surface area contributed by atoms with Gasteiger partial charge in [-0.1, -0.05) is 0 Å². The van der Waals surface area contributed by atoms with Gasteiger partial charge in [0.25, 0.3) is 0 Å². The molecule has 0 amide bonds. The fourth-order valence-electron chi connectivity index (χ4n) is 1.89. The Morgan fingerprint density at radius 2 is 1.00 bits per heavy atom. The van der Waals surface area contributed by atoms with Gasteiger partial charge in [0.2, 0.25) is 0 Å². The van der Waals surface area contributed by atoms with Crippen LogP contribution >= 0.6 is 6.29 Å². The molecule has 0 N–H and O–H groups in total. The van der Waals surface area contributed by atoms with Gasteiger partial charge in [-0.2, -0.15) is 0 Å². The second-order valence-electron chi connectivity index (χ2n) is 4.66. The van der Waals surface area contributed by atoms with Gasteiger partial charge >= 0.3 is 141 Å². The van der Waals surface area contributed by atoms with E-state index in [1.54, 1.807) is 24.3 Å². The average molecular weight is 389 g/mol. The summed E-state index contributed by atoms with van der Waals surface area (Å²) in [5, 5.41) is 0. The molecule has 0 saturated carbocycles. The summed E-state index contributed by atoms with van der Waals surface area (Å²) >= 11 is -0.458. The Hall–Kier alpha value is -1.99. The van der Waals surface area contributed by atoms with Crippen LogP contribution in [0, 0.1) is 0 Å². The van der Waals surface area contributed by atoms with E-state index in [-0.39, 0.29) is 0 Å². The third-order valence-corrected chi connectivity index (χ3v) is 8.43. The molecule has 0 unspecified atom stereocenters. The number of hydrogen-bond acceptors (Lipinski definition) is 3. The Morgan fingerprint density at radius 3 is 1.43 bits per heavy atom. The van der Waals surface area contributed by atoms with E-state index in [9.17, 15) is 4.57 Å². The molecule has 3 aromatic carbocycles. The summed E-state index contributed by atoms with van der Waals surface area (Å²) in [7, 11) is 0. The first kappa shape index (κ1) is 15.9. The average Bonchev–Trinajstić information content (AvgIpc) is 2.57. The summed E-state index contributed by atoms with van der Waals surface area (Å²) in [6, 6.07) is 27.9. The topological polar surface area (TPSA) is 35.5 Å². The molecule has 0 aliphatic rings. The van der Waals surface area contributed by atoms with Crippen LogP contribution in [0.5, 0.6) is 11.5 Å². The van der Waals surface area contributed by atoms with Gasteiger partial charge in [-0.15, -0.1) is 0 Å².